The predicted octanol–water partition coefficient (Wildman–Crippen LogP) is 1.15. The van der Waals surface area contributed by atoms with Gasteiger partial charge in [-0.25, -0.2) is 18.1 Å². The highest BCUT2D eigenvalue weighted by Gasteiger charge is 2.46. The molecule has 9 heteroatoms. The lowest BCUT2D eigenvalue weighted by Crippen LogP contribution is -2.56. The number of hydrogen-bond donors (Lipinski definition) is 2. The van der Waals surface area contributed by atoms with E-state index in [-0.39, 0.29) is 5.25 Å². The van der Waals surface area contributed by atoms with Gasteiger partial charge in [0.25, 0.3) is 0 Å². The second kappa shape index (κ2) is 4.76. The minimum absolute atomic E-state index is 0.203. The molecule has 2 aliphatic rings. The van der Waals surface area contributed by atoms with Gasteiger partial charge in [-0.3, -0.25) is 4.40 Å². The topological polar surface area (TPSA) is 105 Å². The third kappa shape index (κ3) is 2.15. The molecule has 0 bridgehead atoms. The van der Waals surface area contributed by atoms with Crippen molar-refractivity contribution in [3.63, 3.8) is 0 Å². The van der Waals surface area contributed by atoms with Gasteiger partial charge >= 0.3 is 0 Å². The van der Waals surface area contributed by atoms with E-state index in [0.717, 1.165) is 49.1 Å². The highest BCUT2D eigenvalue weighted by Crippen LogP contribution is 2.38. The summed E-state index contributed by atoms with van der Waals surface area (Å²) in [5.41, 5.74) is 1.93. The molecule has 5 rings (SSSR count). The van der Waals surface area contributed by atoms with Crippen molar-refractivity contribution >= 4 is 26.8 Å². The van der Waals surface area contributed by atoms with Crippen LogP contribution >= 0.6 is 0 Å². The quantitative estimate of drug-likeness (QED) is 0.721. The van der Waals surface area contributed by atoms with Gasteiger partial charge in [-0.1, -0.05) is 0 Å². The number of hydrogen-bond acceptors (Lipinski definition) is 5. The molecular formula is C15H18N6O2S. The van der Waals surface area contributed by atoms with Crippen LogP contribution in [0.2, 0.25) is 0 Å². The summed E-state index contributed by atoms with van der Waals surface area (Å²) in [4.78, 5) is 7.40. The Morgan fingerprint density at radius 1 is 1.33 bits per heavy atom. The summed E-state index contributed by atoms with van der Waals surface area (Å²) < 4.78 is 29.7. The van der Waals surface area contributed by atoms with Gasteiger partial charge in [-0.15, -0.1) is 10.2 Å². The molecule has 3 aromatic heterocycles. The van der Waals surface area contributed by atoms with Gasteiger partial charge in [0, 0.05) is 18.2 Å². The fourth-order valence-corrected chi connectivity index (χ4v) is 5.34. The third-order valence-corrected chi connectivity index (χ3v) is 7.20. The Kier molecular flexibility index (Phi) is 2.85. The second-order valence-electron chi connectivity index (χ2n) is 6.94. The average molecular weight is 346 g/mol. The first-order valence-electron chi connectivity index (χ1n) is 8.25. The Labute approximate surface area is 138 Å². The number of H-pyrrole nitrogens is 1. The molecule has 2 N–H and O–H groups in total. The lowest BCUT2D eigenvalue weighted by Gasteiger charge is -2.41. The minimum atomic E-state index is -3.22. The lowest BCUT2D eigenvalue weighted by atomic mass is 9.75. The van der Waals surface area contributed by atoms with Crippen LogP contribution in [0.5, 0.6) is 0 Å². The molecule has 8 nitrogen and oxygen atoms in total. The van der Waals surface area contributed by atoms with E-state index in [2.05, 4.69) is 24.9 Å². The molecule has 0 radical (unpaired) electrons. The van der Waals surface area contributed by atoms with E-state index >= 15 is 0 Å². The molecule has 126 valence electrons. The van der Waals surface area contributed by atoms with Gasteiger partial charge in [-0.2, -0.15) is 0 Å². The van der Waals surface area contributed by atoms with Gasteiger partial charge in [-0.05, 0) is 38.2 Å². The summed E-state index contributed by atoms with van der Waals surface area (Å²) in [6.45, 7) is 0. The Bertz CT molecular complexity index is 1030. The smallest absolute Gasteiger partial charge is 0.214 e. The van der Waals surface area contributed by atoms with Crippen molar-refractivity contribution in [1.29, 1.82) is 0 Å². The Balaban J connectivity index is 1.54. The summed E-state index contributed by atoms with van der Waals surface area (Å²) in [7, 11) is -3.22. The maximum absolute atomic E-state index is 12.4. The van der Waals surface area contributed by atoms with Gasteiger partial charge in [0.05, 0.1) is 17.0 Å². The van der Waals surface area contributed by atoms with Crippen molar-refractivity contribution in [3.8, 4) is 0 Å². The number of sulfonamides is 1. The van der Waals surface area contributed by atoms with Crippen LogP contribution in [-0.2, 0) is 16.4 Å². The molecule has 0 amide bonds. The molecule has 24 heavy (non-hydrogen) atoms. The monoisotopic (exact) mass is 346 g/mol. The summed E-state index contributed by atoms with van der Waals surface area (Å²) in [5.74, 6) is 0.773. The zero-order valence-corrected chi connectivity index (χ0v) is 13.9. The molecule has 0 spiro atoms. The van der Waals surface area contributed by atoms with Crippen molar-refractivity contribution < 1.29 is 8.42 Å². The van der Waals surface area contributed by atoms with E-state index in [9.17, 15) is 8.42 Å². The van der Waals surface area contributed by atoms with Crippen molar-refractivity contribution in [2.75, 3.05) is 0 Å². The normalized spacial score (nSPS) is 20.5. The first kappa shape index (κ1) is 14.4. The van der Waals surface area contributed by atoms with Crippen LogP contribution in [0.15, 0.2) is 18.5 Å². The highest BCUT2D eigenvalue weighted by molar-refractivity contribution is 7.90. The molecule has 2 aliphatic carbocycles. The molecule has 0 aromatic carbocycles. The molecule has 3 aromatic rings. The summed E-state index contributed by atoms with van der Waals surface area (Å²) >= 11 is 0. The highest BCUT2D eigenvalue weighted by atomic mass is 32.2. The van der Waals surface area contributed by atoms with Crippen molar-refractivity contribution in [2.45, 2.75) is 49.3 Å². The molecule has 0 unspecified atom stereocenters. The molecule has 0 aliphatic heterocycles. The van der Waals surface area contributed by atoms with Gasteiger partial charge in [0.1, 0.15) is 5.82 Å². The number of aromatic amines is 1. The van der Waals surface area contributed by atoms with Crippen LogP contribution in [-0.4, -0.2) is 43.8 Å². The summed E-state index contributed by atoms with van der Waals surface area (Å²) in [5, 5.41) is 8.30. The van der Waals surface area contributed by atoms with Crippen LogP contribution in [0.3, 0.4) is 0 Å². The van der Waals surface area contributed by atoms with Crippen LogP contribution in [0, 0.1) is 0 Å². The van der Waals surface area contributed by atoms with E-state index in [1.807, 2.05) is 16.7 Å². The average Bonchev–Trinajstić information content (AvgIpc) is 3.15. The standard InChI is InChI=1S/C15H18N6O2S/c22-24(23,10-2-3-10)20-15(5-1-6-15)8-12-18-19-13-9-17-14-11(21(12)13)4-7-16-14/h4,7,9-10,16,20H,1-3,5-6,8H2. The Morgan fingerprint density at radius 3 is 2.88 bits per heavy atom. The number of rotatable bonds is 5. The molecule has 3 heterocycles. The third-order valence-electron chi connectivity index (χ3n) is 5.14. The molecular weight excluding hydrogens is 328 g/mol. The van der Waals surface area contributed by atoms with Gasteiger partial charge in [0.2, 0.25) is 10.0 Å². The number of aromatic nitrogens is 5. The van der Waals surface area contributed by atoms with Crippen LogP contribution < -0.4 is 4.72 Å². The maximum atomic E-state index is 12.4. The molecule has 2 saturated carbocycles. The summed E-state index contributed by atoms with van der Waals surface area (Å²) in [6, 6.07) is 1.93. The van der Waals surface area contributed by atoms with Crippen LogP contribution in [0.1, 0.15) is 37.9 Å². The summed E-state index contributed by atoms with van der Waals surface area (Å²) in [6.07, 6.45) is 8.32. The van der Waals surface area contributed by atoms with E-state index < -0.39 is 15.6 Å². The van der Waals surface area contributed by atoms with Crippen molar-refractivity contribution in [3.05, 3.63) is 24.3 Å². The second-order valence-corrected chi connectivity index (χ2v) is 8.90. The Morgan fingerprint density at radius 2 is 2.17 bits per heavy atom. The fraction of sp³-hybridized carbons (Fsp3) is 0.533. The minimum Gasteiger partial charge on any atom is -0.345 e. The first-order chi connectivity index (χ1) is 11.6. The number of fused-ring (bicyclic) bond motifs is 3. The number of nitrogens with one attached hydrogen (secondary N) is 2. The fourth-order valence-electron chi connectivity index (χ4n) is 3.53. The predicted molar refractivity (Wildman–Crippen MR) is 88.0 cm³/mol. The molecule has 0 atom stereocenters. The lowest BCUT2D eigenvalue weighted by molar-refractivity contribution is 0.216. The molecule has 2 fully saturated rings. The van der Waals surface area contributed by atoms with E-state index in [1.54, 1.807) is 6.20 Å². The zero-order chi connectivity index (χ0) is 16.4. The zero-order valence-electron chi connectivity index (χ0n) is 13.1. The van der Waals surface area contributed by atoms with E-state index in [4.69, 9.17) is 0 Å². The Hall–Kier alpha value is -2.00. The first-order valence-corrected chi connectivity index (χ1v) is 9.80. The van der Waals surface area contributed by atoms with Gasteiger partial charge in [0.15, 0.2) is 11.3 Å². The van der Waals surface area contributed by atoms with E-state index in [0.29, 0.717) is 12.1 Å². The van der Waals surface area contributed by atoms with Crippen molar-refractivity contribution in [2.24, 2.45) is 0 Å². The van der Waals surface area contributed by atoms with Crippen LogP contribution in [0.25, 0.3) is 16.8 Å². The van der Waals surface area contributed by atoms with Crippen molar-refractivity contribution in [1.82, 2.24) is 29.3 Å². The van der Waals surface area contributed by atoms with Gasteiger partial charge < -0.3 is 4.98 Å². The number of nitrogens with zero attached hydrogens (tertiary/aromatic N) is 4. The van der Waals surface area contributed by atoms with E-state index in [1.165, 1.54) is 0 Å². The largest absolute Gasteiger partial charge is 0.345 e. The molecule has 0 saturated heterocycles. The SMILES string of the molecule is O=S(=O)(NC1(Cc2nnc3cnc4[nH]ccc4n23)CCC1)C1CC1. The maximum Gasteiger partial charge on any atom is 0.214 e. The van der Waals surface area contributed by atoms with Crippen LogP contribution in [0.4, 0.5) is 0 Å².